The van der Waals surface area contributed by atoms with Gasteiger partial charge in [-0.3, -0.25) is 0 Å². The molecule has 0 saturated carbocycles. The second kappa shape index (κ2) is 5.30. The molecule has 0 amide bonds. The van der Waals surface area contributed by atoms with Crippen LogP contribution in [0.15, 0.2) is 60.1 Å². The first-order valence-corrected chi connectivity index (χ1v) is 7.60. The van der Waals surface area contributed by atoms with Gasteiger partial charge in [0.05, 0.1) is 12.0 Å². The number of aryl methyl sites for hydroxylation is 1. The first-order valence-electron chi connectivity index (χ1n) is 7.60. The van der Waals surface area contributed by atoms with E-state index in [1.807, 2.05) is 18.7 Å². The summed E-state index contributed by atoms with van der Waals surface area (Å²) in [5, 5.41) is 2.54. The minimum atomic E-state index is 0.974. The second-order valence-corrected chi connectivity index (χ2v) is 5.69. The SMILES string of the molecule is CN(CCCn1ccnc1)C1=Nc2cccc3cccc1c23. The molecule has 0 unspecified atom stereocenters. The van der Waals surface area contributed by atoms with Crippen LogP contribution >= 0.6 is 0 Å². The lowest BCUT2D eigenvalue weighted by molar-refractivity contribution is 0.464. The second-order valence-electron chi connectivity index (χ2n) is 5.69. The van der Waals surface area contributed by atoms with E-state index in [1.165, 1.54) is 16.3 Å². The van der Waals surface area contributed by atoms with E-state index in [0.29, 0.717) is 0 Å². The third-order valence-corrected chi connectivity index (χ3v) is 4.18. The highest BCUT2D eigenvalue weighted by Gasteiger charge is 2.20. The largest absolute Gasteiger partial charge is 0.359 e. The molecule has 0 bridgehead atoms. The molecule has 4 rings (SSSR count). The molecule has 2 aromatic carbocycles. The van der Waals surface area contributed by atoms with E-state index in [-0.39, 0.29) is 0 Å². The van der Waals surface area contributed by atoms with Gasteiger partial charge in [0.25, 0.3) is 0 Å². The molecule has 1 aliphatic rings. The molecule has 0 radical (unpaired) electrons. The Kier molecular flexibility index (Phi) is 3.15. The van der Waals surface area contributed by atoms with Gasteiger partial charge in [0, 0.05) is 43.5 Å². The number of imidazole rings is 1. The van der Waals surface area contributed by atoms with E-state index in [2.05, 4.69) is 57.9 Å². The maximum Gasteiger partial charge on any atom is 0.137 e. The molecule has 0 saturated heterocycles. The van der Waals surface area contributed by atoms with Gasteiger partial charge in [0.2, 0.25) is 0 Å². The Labute approximate surface area is 129 Å². The summed E-state index contributed by atoms with van der Waals surface area (Å²) in [7, 11) is 2.12. The maximum atomic E-state index is 4.84. The summed E-state index contributed by atoms with van der Waals surface area (Å²) in [4.78, 5) is 11.2. The van der Waals surface area contributed by atoms with Crippen LogP contribution in [0.25, 0.3) is 10.8 Å². The average molecular weight is 290 g/mol. The van der Waals surface area contributed by atoms with E-state index in [1.54, 1.807) is 0 Å². The minimum Gasteiger partial charge on any atom is -0.359 e. The van der Waals surface area contributed by atoms with E-state index in [9.17, 15) is 0 Å². The van der Waals surface area contributed by atoms with Crippen molar-refractivity contribution in [2.45, 2.75) is 13.0 Å². The summed E-state index contributed by atoms with van der Waals surface area (Å²) < 4.78 is 2.11. The van der Waals surface area contributed by atoms with Gasteiger partial charge in [-0.1, -0.05) is 30.3 Å². The topological polar surface area (TPSA) is 33.4 Å². The molecule has 110 valence electrons. The summed E-state index contributed by atoms with van der Waals surface area (Å²) in [6.07, 6.45) is 6.76. The van der Waals surface area contributed by atoms with Crippen molar-refractivity contribution in [3.05, 3.63) is 60.7 Å². The van der Waals surface area contributed by atoms with Crippen LogP contribution in [0, 0.1) is 0 Å². The summed E-state index contributed by atoms with van der Waals surface area (Å²) in [5.41, 5.74) is 2.34. The normalized spacial score (nSPS) is 12.7. The van der Waals surface area contributed by atoms with Crippen molar-refractivity contribution >= 4 is 22.3 Å². The van der Waals surface area contributed by atoms with E-state index < -0.39 is 0 Å². The highest BCUT2D eigenvalue weighted by atomic mass is 15.2. The van der Waals surface area contributed by atoms with Gasteiger partial charge >= 0.3 is 0 Å². The van der Waals surface area contributed by atoms with E-state index >= 15 is 0 Å². The van der Waals surface area contributed by atoms with Crippen molar-refractivity contribution in [3.63, 3.8) is 0 Å². The molecule has 0 spiro atoms. The van der Waals surface area contributed by atoms with Gasteiger partial charge in [-0.2, -0.15) is 0 Å². The number of nitrogens with zero attached hydrogens (tertiary/aromatic N) is 4. The van der Waals surface area contributed by atoms with Crippen LogP contribution < -0.4 is 0 Å². The zero-order chi connectivity index (χ0) is 14.9. The molecule has 22 heavy (non-hydrogen) atoms. The number of hydrogen-bond acceptors (Lipinski definition) is 3. The molecule has 3 aromatic rings. The van der Waals surface area contributed by atoms with E-state index in [4.69, 9.17) is 4.99 Å². The van der Waals surface area contributed by atoms with Gasteiger partial charge in [-0.25, -0.2) is 9.98 Å². The zero-order valence-electron chi connectivity index (χ0n) is 12.6. The number of aromatic nitrogens is 2. The van der Waals surface area contributed by atoms with Crippen LogP contribution in [-0.4, -0.2) is 33.9 Å². The first kappa shape index (κ1) is 13.1. The Morgan fingerprint density at radius 3 is 2.82 bits per heavy atom. The van der Waals surface area contributed by atoms with Crippen LogP contribution in [0.5, 0.6) is 0 Å². The van der Waals surface area contributed by atoms with E-state index in [0.717, 1.165) is 31.0 Å². The molecular weight excluding hydrogens is 272 g/mol. The highest BCUT2D eigenvalue weighted by molar-refractivity contribution is 6.18. The summed E-state index contributed by atoms with van der Waals surface area (Å²) in [6, 6.07) is 12.8. The molecule has 1 aromatic heterocycles. The molecule has 0 aliphatic carbocycles. The number of hydrogen-bond donors (Lipinski definition) is 0. The Hall–Kier alpha value is -2.62. The lowest BCUT2D eigenvalue weighted by Gasteiger charge is -2.19. The molecule has 4 nitrogen and oxygen atoms in total. The Morgan fingerprint density at radius 2 is 2.00 bits per heavy atom. The Morgan fingerprint density at radius 1 is 1.14 bits per heavy atom. The minimum absolute atomic E-state index is 0.974. The van der Waals surface area contributed by atoms with Crippen molar-refractivity contribution < 1.29 is 0 Å². The van der Waals surface area contributed by atoms with Crippen LogP contribution in [-0.2, 0) is 6.54 Å². The van der Waals surface area contributed by atoms with Crippen molar-refractivity contribution in [1.82, 2.24) is 14.5 Å². The van der Waals surface area contributed by atoms with Crippen LogP contribution in [0.1, 0.15) is 12.0 Å². The van der Waals surface area contributed by atoms with Gasteiger partial charge in [0.15, 0.2) is 0 Å². The fraction of sp³-hybridized carbons (Fsp3) is 0.222. The molecule has 0 atom stereocenters. The van der Waals surface area contributed by atoms with Gasteiger partial charge in [-0.15, -0.1) is 0 Å². The molecule has 4 heteroatoms. The zero-order valence-corrected chi connectivity index (χ0v) is 12.6. The van der Waals surface area contributed by atoms with Crippen LogP contribution in [0.4, 0.5) is 5.69 Å². The maximum absolute atomic E-state index is 4.84. The average Bonchev–Trinajstić information content (AvgIpc) is 3.17. The third-order valence-electron chi connectivity index (χ3n) is 4.18. The molecular formula is C18H18N4. The lowest BCUT2D eigenvalue weighted by Crippen LogP contribution is -2.28. The predicted octanol–water partition coefficient (Wildman–Crippen LogP) is 3.45. The summed E-state index contributed by atoms with van der Waals surface area (Å²) in [6.45, 7) is 1.95. The number of rotatable bonds is 4. The predicted molar refractivity (Wildman–Crippen MR) is 89.6 cm³/mol. The van der Waals surface area contributed by atoms with Gasteiger partial charge in [0.1, 0.15) is 5.84 Å². The smallest absolute Gasteiger partial charge is 0.137 e. The lowest BCUT2D eigenvalue weighted by atomic mass is 10.0. The summed E-state index contributed by atoms with van der Waals surface area (Å²) in [5.74, 6) is 1.08. The third kappa shape index (κ3) is 2.17. The Balaban J connectivity index is 1.53. The molecule has 2 heterocycles. The molecule has 1 aliphatic heterocycles. The van der Waals surface area contributed by atoms with Crippen molar-refractivity contribution in [2.24, 2.45) is 4.99 Å². The fourth-order valence-corrected chi connectivity index (χ4v) is 3.08. The quantitative estimate of drug-likeness (QED) is 0.737. The van der Waals surface area contributed by atoms with Crippen molar-refractivity contribution in [1.29, 1.82) is 0 Å². The molecule has 0 N–H and O–H groups in total. The number of aliphatic imine (C=N–C) groups is 1. The van der Waals surface area contributed by atoms with Gasteiger partial charge < -0.3 is 9.47 Å². The highest BCUT2D eigenvalue weighted by Crippen LogP contribution is 2.35. The fourth-order valence-electron chi connectivity index (χ4n) is 3.08. The Bertz CT molecular complexity index is 828. The van der Waals surface area contributed by atoms with Crippen LogP contribution in [0.2, 0.25) is 0 Å². The monoisotopic (exact) mass is 290 g/mol. The number of benzene rings is 2. The number of amidine groups is 1. The van der Waals surface area contributed by atoms with Crippen molar-refractivity contribution in [3.8, 4) is 0 Å². The standard InChI is InChI=1S/C18H18N4/c1-21(10-4-11-22-12-9-19-13-22)18-15-7-2-5-14-6-3-8-16(20-18)17(14)15/h2-3,5-9,12-13H,4,10-11H2,1H3. The first-order chi connectivity index (χ1) is 10.8. The van der Waals surface area contributed by atoms with Crippen molar-refractivity contribution in [2.75, 3.05) is 13.6 Å². The van der Waals surface area contributed by atoms with Crippen LogP contribution in [0.3, 0.4) is 0 Å². The summed E-state index contributed by atoms with van der Waals surface area (Å²) >= 11 is 0. The molecule has 0 fully saturated rings. The van der Waals surface area contributed by atoms with Gasteiger partial charge in [-0.05, 0) is 17.9 Å².